The van der Waals surface area contributed by atoms with Crippen molar-refractivity contribution < 1.29 is 14.0 Å². The molecule has 0 spiro atoms. The Kier molecular flexibility index (Phi) is 9.91. The molecule has 0 fully saturated rings. The zero-order valence-corrected chi connectivity index (χ0v) is 21.4. The molecule has 0 saturated carbocycles. The molecule has 4 nitrogen and oxygen atoms in total. The molecule has 0 bridgehead atoms. The van der Waals surface area contributed by atoms with Crippen molar-refractivity contribution in [2.45, 2.75) is 57.1 Å². The van der Waals surface area contributed by atoms with Gasteiger partial charge in [-0.15, -0.1) is 11.8 Å². The van der Waals surface area contributed by atoms with Crippen molar-refractivity contribution in [2.24, 2.45) is 0 Å². The lowest BCUT2D eigenvalue weighted by atomic mass is 10.0. The van der Waals surface area contributed by atoms with Gasteiger partial charge in [0.25, 0.3) is 0 Å². The molecule has 0 aliphatic carbocycles. The predicted molar refractivity (Wildman–Crippen MR) is 141 cm³/mol. The fourth-order valence-corrected chi connectivity index (χ4v) is 4.43. The van der Waals surface area contributed by atoms with Crippen LogP contribution in [0.25, 0.3) is 0 Å². The van der Waals surface area contributed by atoms with Gasteiger partial charge in [-0.3, -0.25) is 9.59 Å². The molecule has 0 heterocycles. The summed E-state index contributed by atoms with van der Waals surface area (Å²) in [6, 6.07) is 23.1. The Balaban J connectivity index is 1.89. The number of halogens is 1. The normalized spacial score (nSPS) is 12.6. The molecule has 1 N–H and O–H groups in total. The quantitative estimate of drug-likeness (QED) is 0.345. The van der Waals surface area contributed by atoms with E-state index >= 15 is 0 Å². The first-order valence-corrected chi connectivity index (χ1v) is 12.9. The number of rotatable bonds is 11. The highest BCUT2D eigenvalue weighted by Gasteiger charge is 2.31. The van der Waals surface area contributed by atoms with Gasteiger partial charge in [0.15, 0.2) is 0 Å². The summed E-state index contributed by atoms with van der Waals surface area (Å²) in [5, 5.41) is 3.06. The van der Waals surface area contributed by atoms with Crippen molar-refractivity contribution in [3.05, 3.63) is 101 Å². The smallest absolute Gasteiger partial charge is 0.243 e. The van der Waals surface area contributed by atoms with Crippen LogP contribution in [0.1, 0.15) is 37.0 Å². The molecule has 6 heteroatoms. The lowest BCUT2D eigenvalue weighted by Gasteiger charge is -2.32. The maximum atomic E-state index is 13.6. The molecular formula is C29H33FN2O2S. The van der Waals surface area contributed by atoms with Crippen molar-refractivity contribution in [3.63, 3.8) is 0 Å². The molecule has 35 heavy (non-hydrogen) atoms. The fourth-order valence-electron chi connectivity index (χ4n) is 3.64. The summed E-state index contributed by atoms with van der Waals surface area (Å²) in [5.41, 5.74) is 2.90. The summed E-state index contributed by atoms with van der Waals surface area (Å²) in [6.07, 6.45) is 1.18. The van der Waals surface area contributed by atoms with Gasteiger partial charge >= 0.3 is 0 Å². The van der Waals surface area contributed by atoms with Crippen LogP contribution in [0.15, 0.2) is 83.8 Å². The van der Waals surface area contributed by atoms with E-state index in [0.29, 0.717) is 6.42 Å². The third-order valence-corrected chi connectivity index (χ3v) is 6.92. The number of nitrogens with zero attached hydrogens (tertiary/aromatic N) is 1. The number of carbonyl (C=O) groups is 2. The lowest BCUT2D eigenvalue weighted by molar-refractivity contribution is -0.139. The van der Waals surface area contributed by atoms with E-state index in [-0.39, 0.29) is 36.0 Å². The van der Waals surface area contributed by atoms with Crippen LogP contribution in [0.4, 0.5) is 4.39 Å². The largest absolute Gasteiger partial charge is 0.352 e. The van der Waals surface area contributed by atoms with Crippen molar-refractivity contribution in [3.8, 4) is 0 Å². The summed E-state index contributed by atoms with van der Waals surface area (Å²) in [6.45, 7) is 6.21. The van der Waals surface area contributed by atoms with E-state index in [2.05, 4.69) is 5.32 Å². The number of thioether (sulfide) groups is 1. The highest BCUT2D eigenvalue weighted by atomic mass is 32.2. The zero-order chi connectivity index (χ0) is 25.2. The Morgan fingerprint density at radius 1 is 0.943 bits per heavy atom. The molecule has 184 valence electrons. The van der Waals surface area contributed by atoms with Crippen LogP contribution in [0.5, 0.6) is 0 Å². The number of hydrogen-bond donors (Lipinski definition) is 1. The maximum absolute atomic E-state index is 13.6. The molecular weight excluding hydrogens is 459 g/mol. The molecule has 0 aliphatic rings. The van der Waals surface area contributed by atoms with E-state index in [1.807, 2.05) is 75.4 Å². The molecule has 3 aromatic rings. The fraction of sp³-hybridized carbons (Fsp3) is 0.310. The minimum Gasteiger partial charge on any atom is -0.352 e. The first kappa shape index (κ1) is 26.5. The number of carbonyl (C=O) groups excluding carboxylic acids is 2. The van der Waals surface area contributed by atoms with Crippen LogP contribution in [0, 0.1) is 12.7 Å². The number of benzene rings is 3. The van der Waals surface area contributed by atoms with Crippen molar-refractivity contribution in [2.75, 3.05) is 5.75 Å². The van der Waals surface area contributed by atoms with Crippen LogP contribution in [0.2, 0.25) is 0 Å². The second-order valence-electron chi connectivity index (χ2n) is 8.77. The molecule has 3 aromatic carbocycles. The molecule has 0 aliphatic heterocycles. The van der Waals surface area contributed by atoms with Gasteiger partial charge in [-0.1, -0.05) is 67.1 Å². The molecule has 0 saturated heterocycles. The van der Waals surface area contributed by atoms with Gasteiger partial charge in [0.1, 0.15) is 11.9 Å². The predicted octanol–water partition coefficient (Wildman–Crippen LogP) is 5.78. The Bertz CT molecular complexity index is 1090. The van der Waals surface area contributed by atoms with Gasteiger partial charge in [-0.05, 0) is 55.7 Å². The topological polar surface area (TPSA) is 49.4 Å². The Morgan fingerprint density at radius 2 is 1.60 bits per heavy atom. The average molecular weight is 493 g/mol. The van der Waals surface area contributed by atoms with Gasteiger partial charge in [0.05, 0.1) is 5.75 Å². The molecule has 3 rings (SSSR count). The number of amides is 2. The molecule has 0 aromatic heterocycles. The standard InChI is InChI=1S/C29H33FN2O2S/c1-4-22(3)31-29(34)27(18-23-8-6-5-7-9-23)32(19-24-12-14-25(30)15-13-24)28(33)20-35-26-16-10-21(2)11-17-26/h5-17,22,27H,4,18-20H2,1-3H3,(H,31,34). The van der Waals surface area contributed by atoms with Gasteiger partial charge in [-0.2, -0.15) is 0 Å². The molecule has 2 atom stereocenters. The summed E-state index contributed by atoms with van der Waals surface area (Å²) >= 11 is 1.45. The summed E-state index contributed by atoms with van der Waals surface area (Å²) in [7, 11) is 0. The highest BCUT2D eigenvalue weighted by Crippen LogP contribution is 2.22. The second kappa shape index (κ2) is 13.1. The van der Waals surface area contributed by atoms with Crippen LogP contribution in [0.3, 0.4) is 0 Å². The van der Waals surface area contributed by atoms with Crippen molar-refractivity contribution >= 4 is 23.6 Å². The van der Waals surface area contributed by atoms with Gasteiger partial charge in [-0.25, -0.2) is 4.39 Å². The number of nitrogens with one attached hydrogen (secondary N) is 1. The maximum Gasteiger partial charge on any atom is 0.243 e. The van der Waals surface area contributed by atoms with E-state index in [9.17, 15) is 14.0 Å². The van der Waals surface area contributed by atoms with E-state index < -0.39 is 6.04 Å². The highest BCUT2D eigenvalue weighted by molar-refractivity contribution is 8.00. The zero-order valence-electron chi connectivity index (χ0n) is 20.5. The lowest BCUT2D eigenvalue weighted by Crippen LogP contribution is -2.52. The number of aryl methyl sites for hydroxylation is 1. The van der Waals surface area contributed by atoms with E-state index in [1.165, 1.54) is 23.9 Å². The average Bonchev–Trinajstić information content (AvgIpc) is 2.87. The first-order valence-electron chi connectivity index (χ1n) is 11.9. The van der Waals surface area contributed by atoms with Gasteiger partial charge in [0.2, 0.25) is 11.8 Å². The summed E-state index contributed by atoms with van der Waals surface area (Å²) in [5.74, 6) is -0.456. The van der Waals surface area contributed by atoms with Crippen LogP contribution in [-0.4, -0.2) is 34.6 Å². The van der Waals surface area contributed by atoms with Crippen LogP contribution < -0.4 is 5.32 Å². The third kappa shape index (κ3) is 8.25. The SMILES string of the molecule is CCC(C)NC(=O)C(Cc1ccccc1)N(Cc1ccc(F)cc1)C(=O)CSc1ccc(C)cc1. The monoisotopic (exact) mass is 492 g/mol. The van der Waals surface area contributed by atoms with Crippen molar-refractivity contribution in [1.29, 1.82) is 0 Å². The van der Waals surface area contributed by atoms with Crippen molar-refractivity contribution in [1.82, 2.24) is 10.2 Å². The minimum atomic E-state index is -0.692. The second-order valence-corrected chi connectivity index (χ2v) is 9.82. The van der Waals surface area contributed by atoms with Crippen LogP contribution >= 0.6 is 11.8 Å². The summed E-state index contributed by atoms with van der Waals surface area (Å²) < 4.78 is 13.5. The third-order valence-electron chi connectivity index (χ3n) is 5.92. The van der Waals surface area contributed by atoms with E-state index in [4.69, 9.17) is 0 Å². The van der Waals surface area contributed by atoms with Crippen LogP contribution in [-0.2, 0) is 22.6 Å². The Morgan fingerprint density at radius 3 is 2.23 bits per heavy atom. The summed E-state index contributed by atoms with van der Waals surface area (Å²) in [4.78, 5) is 29.7. The van der Waals surface area contributed by atoms with E-state index in [1.54, 1.807) is 17.0 Å². The Hall–Kier alpha value is -3.12. The number of hydrogen-bond acceptors (Lipinski definition) is 3. The van der Waals surface area contributed by atoms with Gasteiger partial charge in [0, 0.05) is 23.9 Å². The Labute approximate surface area is 211 Å². The van der Waals surface area contributed by atoms with E-state index in [0.717, 1.165) is 28.0 Å². The molecule has 0 radical (unpaired) electrons. The first-order chi connectivity index (χ1) is 16.9. The minimum absolute atomic E-state index is 0.00881. The molecule has 2 unspecified atom stereocenters. The molecule has 2 amide bonds. The van der Waals surface area contributed by atoms with Gasteiger partial charge < -0.3 is 10.2 Å².